The Bertz CT molecular complexity index is 989. The summed E-state index contributed by atoms with van der Waals surface area (Å²) in [5, 5.41) is 2.74. The highest BCUT2D eigenvalue weighted by Crippen LogP contribution is 2.48. The Kier molecular flexibility index (Phi) is 5.41. The van der Waals surface area contributed by atoms with Crippen LogP contribution in [0, 0.1) is 0 Å². The highest BCUT2D eigenvalue weighted by atomic mass is 32.2. The molecule has 0 fully saturated rings. The van der Waals surface area contributed by atoms with Crippen LogP contribution in [0.15, 0.2) is 87.5 Å². The zero-order valence-corrected chi connectivity index (χ0v) is 16.8. The first-order valence-corrected chi connectivity index (χ1v) is 10.6. The summed E-state index contributed by atoms with van der Waals surface area (Å²) in [5.41, 5.74) is 2.61. The second-order valence-electron chi connectivity index (χ2n) is 6.26. The van der Waals surface area contributed by atoms with Crippen LogP contribution >= 0.6 is 23.5 Å². The SMILES string of the molecule is CC(=O)Nc1ccc(SCC(=O)N2c3ccccc3Sc3ccccc32)cc1. The van der Waals surface area contributed by atoms with Gasteiger partial charge in [-0.15, -0.1) is 11.8 Å². The number of hydrogen-bond donors (Lipinski definition) is 1. The molecule has 0 saturated carbocycles. The number of thioether (sulfide) groups is 1. The summed E-state index contributed by atoms with van der Waals surface area (Å²) < 4.78 is 0. The van der Waals surface area contributed by atoms with Gasteiger partial charge in [0.05, 0.1) is 17.1 Å². The van der Waals surface area contributed by atoms with Crippen molar-refractivity contribution in [2.24, 2.45) is 0 Å². The minimum Gasteiger partial charge on any atom is -0.326 e. The normalized spacial score (nSPS) is 12.1. The molecule has 0 spiro atoms. The summed E-state index contributed by atoms with van der Waals surface area (Å²) in [6.07, 6.45) is 0. The summed E-state index contributed by atoms with van der Waals surface area (Å²) in [6.45, 7) is 1.48. The lowest BCUT2D eigenvalue weighted by atomic mass is 10.2. The van der Waals surface area contributed by atoms with Gasteiger partial charge in [0.1, 0.15) is 0 Å². The molecular formula is C22H18N2O2S2. The Labute approximate surface area is 172 Å². The van der Waals surface area contributed by atoms with E-state index in [-0.39, 0.29) is 11.8 Å². The fraction of sp³-hybridized carbons (Fsp3) is 0.0909. The first kappa shape index (κ1) is 18.7. The average Bonchev–Trinajstić information content (AvgIpc) is 2.71. The van der Waals surface area contributed by atoms with Crippen LogP contribution < -0.4 is 10.2 Å². The Morgan fingerprint density at radius 3 is 2.04 bits per heavy atom. The maximum atomic E-state index is 13.1. The molecule has 1 aliphatic rings. The molecule has 28 heavy (non-hydrogen) atoms. The number of rotatable bonds is 4. The van der Waals surface area contributed by atoms with Crippen molar-refractivity contribution in [1.82, 2.24) is 0 Å². The maximum absolute atomic E-state index is 13.1. The molecule has 6 heteroatoms. The van der Waals surface area contributed by atoms with E-state index in [1.54, 1.807) is 11.8 Å². The molecule has 1 N–H and O–H groups in total. The number of anilines is 3. The molecule has 140 valence electrons. The van der Waals surface area contributed by atoms with Crippen LogP contribution in [0.2, 0.25) is 0 Å². The smallest absolute Gasteiger partial charge is 0.241 e. The fourth-order valence-electron chi connectivity index (χ4n) is 3.02. The fourth-order valence-corrected chi connectivity index (χ4v) is 4.83. The maximum Gasteiger partial charge on any atom is 0.241 e. The van der Waals surface area contributed by atoms with Crippen molar-refractivity contribution in [3.63, 3.8) is 0 Å². The molecule has 0 saturated heterocycles. The number of fused-ring (bicyclic) bond motifs is 2. The average molecular weight is 407 g/mol. The van der Waals surface area contributed by atoms with Gasteiger partial charge >= 0.3 is 0 Å². The van der Waals surface area contributed by atoms with Gasteiger partial charge < -0.3 is 5.32 Å². The van der Waals surface area contributed by atoms with Crippen LogP contribution in [0.5, 0.6) is 0 Å². The highest BCUT2D eigenvalue weighted by Gasteiger charge is 2.27. The van der Waals surface area contributed by atoms with E-state index in [1.807, 2.05) is 77.7 Å². The van der Waals surface area contributed by atoms with Gasteiger partial charge in [0.25, 0.3) is 0 Å². The summed E-state index contributed by atoms with van der Waals surface area (Å²) >= 11 is 3.18. The number of para-hydroxylation sites is 2. The molecule has 0 aliphatic carbocycles. The number of carbonyl (C=O) groups is 2. The van der Waals surface area contributed by atoms with Gasteiger partial charge in [0.15, 0.2) is 0 Å². The van der Waals surface area contributed by atoms with Crippen molar-refractivity contribution in [1.29, 1.82) is 0 Å². The lowest BCUT2D eigenvalue weighted by Gasteiger charge is -2.31. The standard InChI is InChI=1S/C22H18N2O2S2/c1-15(25)23-16-10-12-17(13-11-16)27-14-22(26)24-18-6-2-4-8-20(18)28-21-9-5-3-7-19(21)24/h2-13H,14H2,1H3,(H,23,25). The van der Waals surface area contributed by atoms with Crippen LogP contribution in [0.25, 0.3) is 0 Å². The molecule has 4 nitrogen and oxygen atoms in total. The van der Waals surface area contributed by atoms with Crippen molar-refractivity contribution in [2.75, 3.05) is 16.0 Å². The predicted octanol–water partition coefficient (Wildman–Crippen LogP) is 5.57. The third kappa shape index (κ3) is 3.93. The molecule has 0 atom stereocenters. The third-order valence-corrected chi connectivity index (χ3v) is 6.35. The summed E-state index contributed by atoms with van der Waals surface area (Å²) in [4.78, 5) is 29.2. The van der Waals surface area contributed by atoms with Crippen LogP contribution in [-0.4, -0.2) is 17.6 Å². The van der Waals surface area contributed by atoms with Crippen molar-refractivity contribution >= 4 is 52.4 Å². The summed E-state index contributed by atoms with van der Waals surface area (Å²) in [7, 11) is 0. The molecule has 3 aromatic rings. The number of hydrogen-bond acceptors (Lipinski definition) is 4. The first-order chi connectivity index (χ1) is 13.6. The van der Waals surface area contributed by atoms with Gasteiger partial charge in [-0.05, 0) is 48.5 Å². The van der Waals surface area contributed by atoms with Crippen LogP contribution in [-0.2, 0) is 9.59 Å². The first-order valence-electron chi connectivity index (χ1n) is 8.81. The monoisotopic (exact) mass is 406 g/mol. The van der Waals surface area contributed by atoms with E-state index >= 15 is 0 Å². The predicted molar refractivity (Wildman–Crippen MR) is 116 cm³/mol. The van der Waals surface area contributed by atoms with Crippen molar-refractivity contribution in [2.45, 2.75) is 21.6 Å². The molecule has 4 rings (SSSR count). The molecule has 0 unspecified atom stereocenters. The lowest BCUT2D eigenvalue weighted by molar-refractivity contribution is -0.115. The molecule has 3 aromatic carbocycles. The van der Waals surface area contributed by atoms with E-state index in [0.717, 1.165) is 31.7 Å². The molecule has 0 aromatic heterocycles. The van der Waals surface area contributed by atoms with Gasteiger partial charge in [0, 0.05) is 27.3 Å². The van der Waals surface area contributed by atoms with Crippen molar-refractivity contribution in [3.8, 4) is 0 Å². The zero-order valence-electron chi connectivity index (χ0n) is 15.2. The number of carbonyl (C=O) groups excluding carboxylic acids is 2. The van der Waals surface area contributed by atoms with E-state index in [2.05, 4.69) is 5.32 Å². The van der Waals surface area contributed by atoms with Crippen LogP contribution in [0.3, 0.4) is 0 Å². The van der Waals surface area contributed by atoms with Gasteiger partial charge in [-0.25, -0.2) is 0 Å². The van der Waals surface area contributed by atoms with Gasteiger partial charge in [-0.1, -0.05) is 36.0 Å². The molecule has 1 heterocycles. The largest absolute Gasteiger partial charge is 0.326 e. The van der Waals surface area contributed by atoms with Crippen molar-refractivity contribution in [3.05, 3.63) is 72.8 Å². The third-order valence-electron chi connectivity index (χ3n) is 4.22. The van der Waals surface area contributed by atoms with Crippen LogP contribution in [0.1, 0.15) is 6.92 Å². The van der Waals surface area contributed by atoms with E-state index in [9.17, 15) is 9.59 Å². The Morgan fingerprint density at radius 1 is 0.893 bits per heavy atom. The van der Waals surface area contributed by atoms with Gasteiger partial charge in [0.2, 0.25) is 11.8 Å². The molecule has 0 radical (unpaired) electrons. The molecular weight excluding hydrogens is 388 g/mol. The topological polar surface area (TPSA) is 49.4 Å². The zero-order chi connectivity index (χ0) is 19.5. The number of benzene rings is 3. The number of amides is 2. The summed E-state index contributed by atoms with van der Waals surface area (Å²) in [5.74, 6) is 0.263. The number of nitrogens with one attached hydrogen (secondary N) is 1. The van der Waals surface area contributed by atoms with Gasteiger partial charge in [-0.3, -0.25) is 14.5 Å². The molecule has 2 amide bonds. The van der Waals surface area contributed by atoms with Crippen LogP contribution in [0.4, 0.5) is 17.1 Å². The Balaban J connectivity index is 1.53. The lowest BCUT2D eigenvalue weighted by Crippen LogP contribution is -2.29. The summed E-state index contributed by atoms with van der Waals surface area (Å²) in [6, 6.07) is 23.5. The molecule has 0 bridgehead atoms. The Morgan fingerprint density at radius 2 is 1.46 bits per heavy atom. The minimum atomic E-state index is -0.101. The molecule has 1 aliphatic heterocycles. The van der Waals surface area contributed by atoms with Crippen molar-refractivity contribution < 1.29 is 9.59 Å². The number of nitrogens with zero attached hydrogens (tertiary/aromatic N) is 1. The second-order valence-corrected chi connectivity index (χ2v) is 8.39. The Hall–Kier alpha value is -2.70. The van der Waals surface area contributed by atoms with Gasteiger partial charge in [-0.2, -0.15) is 0 Å². The van der Waals surface area contributed by atoms with E-state index in [1.165, 1.54) is 18.7 Å². The minimum absolute atomic E-state index is 0.0381. The highest BCUT2D eigenvalue weighted by molar-refractivity contribution is 8.00. The van der Waals surface area contributed by atoms with E-state index < -0.39 is 0 Å². The second kappa shape index (κ2) is 8.12. The van der Waals surface area contributed by atoms with E-state index in [4.69, 9.17) is 0 Å². The van der Waals surface area contributed by atoms with E-state index in [0.29, 0.717) is 5.75 Å². The quantitative estimate of drug-likeness (QED) is 0.576.